The molecule has 3 aromatic rings. The Morgan fingerprint density at radius 1 is 1.00 bits per heavy atom. The van der Waals surface area contributed by atoms with Gasteiger partial charge in [-0.05, 0) is 54.1 Å². The minimum atomic E-state index is -3.91. The summed E-state index contributed by atoms with van der Waals surface area (Å²) in [6, 6.07) is 13.2. The Labute approximate surface area is 188 Å². The molecule has 6 nitrogen and oxygen atoms in total. The van der Waals surface area contributed by atoms with Crippen LogP contribution in [0.2, 0.25) is 5.02 Å². The quantitative estimate of drug-likeness (QED) is 0.533. The van der Waals surface area contributed by atoms with Crippen LogP contribution in [0.15, 0.2) is 58.8 Å². The van der Waals surface area contributed by atoms with E-state index >= 15 is 0 Å². The van der Waals surface area contributed by atoms with Crippen LogP contribution in [0, 0.1) is 0 Å². The van der Waals surface area contributed by atoms with Gasteiger partial charge in [0.15, 0.2) is 0 Å². The third kappa shape index (κ3) is 3.26. The maximum Gasteiger partial charge on any atom is 0.266 e. The van der Waals surface area contributed by atoms with Gasteiger partial charge >= 0.3 is 0 Å². The Bertz CT molecular complexity index is 1330. The van der Waals surface area contributed by atoms with E-state index < -0.39 is 21.8 Å². The molecular weight excluding hydrogens is 456 g/mol. The Balaban J connectivity index is 1.59. The first-order valence-corrected chi connectivity index (χ1v) is 12.4. The van der Waals surface area contributed by atoms with Crippen LogP contribution in [0.1, 0.15) is 27.2 Å². The van der Waals surface area contributed by atoms with Crippen molar-refractivity contribution in [1.29, 1.82) is 0 Å². The average Bonchev–Trinajstić information content (AvgIpc) is 3.23. The molecule has 0 fully saturated rings. The molecular formula is C22H17ClN2O4S2. The highest BCUT2D eigenvalue weighted by atomic mass is 35.5. The van der Waals surface area contributed by atoms with Gasteiger partial charge in [-0.25, -0.2) is 13.3 Å². The van der Waals surface area contributed by atoms with Crippen LogP contribution in [0.4, 0.5) is 11.4 Å². The fraction of sp³-hybridized carbons (Fsp3) is 0.182. The average molecular weight is 473 g/mol. The summed E-state index contributed by atoms with van der Waals surface area (Å²) in [6.45, 7) is 0.358. The van der Waals surface area contributed by atoms with Crippen LogP contribution in [0.3, 0.4) is 0 Å². The minimum absolute atomic E-state index is 0.0136. The highest BCUT2D eigenvalue weighted by molar-refractivity contribution is 7.92. The predicted octanol–water partition coefficient (Wildman–Crippen LogP) is 4.27. The van der Waals surface area contributed by atoms with Gasteiger partial charge in [0.2, 0.25) is 5.91 Å². The molecule has 158 valence electrons. The van der Waals surface area contributed by atoms with Crippen molar-refractivity contribution in [3.8, 4) is 0 Å². The van der Waals surface area contributed by atoms with Crippen molar-refractivity contribution in [1.82, 2.24) is 0 Å². The number of hydrogen-bond donors (Lipinski definition) is 0. The zero-order valence-corrected chi connectivity index (χ0v) is 18.6. The predicted molar refractivity (Wildman–Crippen MR) is 121 cm³/mol. The summed E-state index contributed by atoms with van der Waals surface area (Å²) in [5.41, 5.74) is 2.15. The second-order valence-corrected chi connectivity index (χ2v) is 10.7. The number of aryl methyl sites for hydroxylation is 1. The molecule has 0 spiro atoms. The first-order chi connectivity index (χ1) is 14.9. The van der Waals surface area contributed by atoms with E-state index in [1.165, 1.54) is 33.8 Å². The molecule has 2 aliphatic heterocycles. The number of rotatable bonds is 3. The summed E-state index contributed by atoms with van der Waals surface area (Å²) in [5, 5.41) is 1.90. The molecule has 0 aliphatic carbocycles. The van der Waals surface area contributed by atoms with Crippen molar-refractivity contribution in [3.63, 3.8) is 0 Å². The minimum Gasteiger partial charge on any atom is -0.274 e. The van der Waals surface area contributed by atoms with Gasteiger partial charge < -0.3 is 0 Å². The maximum atomic E-state index is 13.5. The van der Waals surface area contributed by atoms with E-state index in [4.69, 9.17) is 11.6 Å². The van der Waals surface area contributed by atoms with Crippen molar-refractivity contribution in [2.24, 2.45) is 0 Å². The van der Waals surface area contributed by atoms with E-state index in [1.807, 2.05) is 18.2 Å². The number of para-hydroxylation sites is 1. The molecule has 31 heavy (non-hydrogen) atoms. The number of anilines is 2. The fourth-order valence-corrected chi connectivity index (χ4v) is 6.68. The topological polar surface area (TPSA) is 74.8 Å². The van der Waals surface area contributed by atoms with Crippen molar-refractivity contribution < 1.29 is 18.0 Å². The number of hydrogen-bond acceptors (Lipinski definition) is 5. The Morgan fingerprint density at radius 3 is 2.65 bits per heavy atom. The molecule has 0 radical (unpaired) electrons. The number of carbonyl (C=O) groups excluding carboxylic acids is 2. The van der Waals surface area contributed by atoms with Crippen LogP contribution in [0.25, 0.3) is 0 Å². The van der Waals surface area contributed by atoms with Gasteiger partial charge in [-0.3, -0.25) is 13.9 Å². The Hall–Kier alpha value is -2.68. The first-order valence-electron chi connectivity index (χ1n) is 9.72. The van der Waals surface area contributed by atoms with Crippen molar-refractivity contribution in [2.45, 2.75) is 24.2 Å². The van der Waals surface area contributed by atoms with Crippen LogP contribution in [0.5, 0.6) is 0 Å². The number of benzene rings is 2. The van der Waals surface area contributed by atoms with Crippen LogP contribution >= 0.6 is 22.9 Å². The number of sulfonamides is 1. The van der Waals surface area contributed by atoms with E-state index in [0.29, 0.717) is 29.1 Å². The lowest BCUT2D eigenvalue weighted by atomic mass is 10.0. The van der Waals surface area contributed by atoms with Crippen molar-refractivity contribution in [2.75, 3.05) is 15.7 Å². The molecule has 2 amide bonds. The van der Waals surface area contributed by atoms with Crippen LogP contribution in [-0.2, 0) is 27.7 Å². The van der Waals surface area contributed by atoms with E-state index in [2.05, 4.69) is 0 Å². The van der Waals surface area contributed by atoms with Crippen molar-refractivity contribution >= 4 is 56.2 Å². The van der Waals surface area contributed by atoms with Crippen molar-refractivity contribution in [3.05, 3.63) is 74.9 Å². The lowest BCUT2D eigenvalue weighted by Gasteiger charge is -2.31. The monoisotopic (exact) mass is 472 g/mol. The maximum absolute atomic E-state index is 13.5. The molecule has 2 aromatic carbocycles. The van der Waals surface area contributed by atoms with Gasteiger partial charge in [0.25, 0.3) is 15.9 Å². The molecule has 1 aromatic heterocycles. The lowest BCUT2D eigenvalue weighted by molar-refractivity contribution is -0.117. The number of imide groups is 1. The van der Waals surface area contributed by atoms with E-state index in [1.54, 1.807) is 17.5 Å². The molecule has 3 heterocycles. The molecule has 0 bridgehead atoms. The van der Waals surface area contributed by atoms with Gasteiger partial charge in [0.1, 0.15) is 0 Å². The lowest BCUT2D eigenvalue weighted by Crippen LogP contribution is -2.42. The number of thiophene rings is 1. The molecule has 0 saturated heterocycles. The number of nitrogens with zero attached hydrogens (tertiary/aromatic N) is 2. The molecule has 0 saturated carbocycles. The molecule has 2 aliphatic rings. The van der Waals surface area contributed by atoms with Gasteiger partial charge in [-0.2, -0.15) is 0 Å². The highest BCUT2D eigenvalue weighted by Gasteiger charge is 2.36. The normalized spacial score (nSPS) is 16.3. The third-order valence-electron chi connectivity index (χ3n) is 5.55. The van der Waals surface area contributed by atoms with Gasteiger partial charge in [-0.15, -0.1) is 11.3 Å². The highest BCUT2D eigenvalue weighted by Crippen LogP contribution is 2.37. The molecule has 0 N–H and O–H groups in total. The van der Waals surface area contributed by atoms with Gasteiger partial charge in [0, 0.05) is 11.4 Å². The van der Waals surface area contributed by atoms with Crippen LogP contribution < -0.4 is 9.21 Å². The summed E-state index contributed by atoms with van der Waals surface area (Å²) in [6.07, 6.45) is 1.60. The second-order valence-electron chi connectivity index (χ2n) is 7.39. The summed E-state index contributed by atoms with van der Waals surface area (Å²) < 4.78 is 28.4. The summed E-state index contributed by atoms with van der Waals surface area (Å²) in [4.78, 5) is 27.4. The van der Waals surface area contributed by atoms with Gasteiger partial charge in [0.05, 0.1) is 33.3 Å². The largest absolute Gasteiger partial charge is 0.274 e. The number of halogens is 1. The van der Waals surface area contributed by atoms with E-state index in [0.717, 1.165) is 16.9 Å². The zero-order valence-electron chi connectivity index (χ0n) is 16.2. The summed E-state index contributed by atoms with van der Waals surface area (Å²) in [5.74, 6) is -0.924. The Morgan fingerprint density at radius 2 is 1.81 bits per heavy atom. The smallest absolute Gasteiger partial charge is 0.266 e. The molecule has 9 heteroatoms. The zero-order chi connectivity index (χ0) is 21.8. The molecule has 5 rings (SSSR count). The molecule has 0 unspecified atom stereocenters. The first kappa shape index (κ1) is 20.2. The fourth-order valence-electron chi connectivity index (χ4n) is 4.06. The summed E-state index contributed by atoms with van der Waals surface area (Å²) in [7, 11) is -3.91. The number of amides is 2. The van der Waals surface area contributed by atoms with E-state index in [-0.39, 0.29) is 22.0 Å². The number of fused-ring (bicyclic) bond motifs is 2. The van der Waals surface area contributed by atoms with Gasteiger partial charge in [-0.1, -0.05) is 29.8 Å². The van der Waals surface area contributed by atoms with E-state index in [9.17, 15) is 18.0 Å². The summed E-state index contributed by atoms with van der Waals surface area (Å²) >= 11 is 7.68. The molecule has 0 atom stereocenters. The second kappa shape index (κ2) is 7.47. The standard InChI is InChI=1S/C22H17ClN2O4S2/c23-17-8-7-15(31(28,29)24-10-3-5-14-4-1-2-6-18(14)24)12-19(17)25-21(26)13-20-16(22(25)27)9-11-30-20/h1-2,4,6-9,11-12H,3,5,10,13H2. The Kier molecular flexibility index (Phi) is 4.88. The SMILES string of the molecule is O=C1Cc2sccc2C(=O)N1c1cc(S(=O)(=O)N2CCCc3ccccc32)ccc1Cl. The van der Waals surface area contributed by atoms with Crippen LogP contribution in [-0.4, -0.2) is 26.8 Å². The third-order valence-corrected chi connectivity index (χ3v) is 8.60. The number of carbonyl (C=O) groups is 2.